The third kappa shape index (κ3) is 2.51. The molecule has 3 aromatic rings. The maximum Gasteiger partial charge on any atom is 0.335 e. The molecule has 0 saturated carbocycles. The molecule has 1 aromatic heterocycles. The number of carbonyl (C=O) groups excluding carboxylic acids is 1. The van der Waals surface area contributed by atoms with E-state index in [1.165, 1.54) is 5.56 Å². The Labute approximate surface area is 155 Å². The summed E-state index contributed by atoms with van der Waals surface area (Å²) in [5.74, 6) is -0.594. The van der Waals surface area contributed by atoms with Crippen molar-refractivity contribution in [1.29, 1.82) is 0 Å². The lowest BCUT2D eigenvalue weighted by atomic mass is 9.88. The lowest BCUT2D eigenvalue weighted by Crippen LogP contribution is -2.46. The highest BCUT2D eigenvalue weighted by molar-refractivity contribution is 5.97. The van der Waals surface area contributed by atoms with Crippen LogP contribution in [-0.2, 0) is 6.42 Å². The topological polar surface area (TPSA) is 86.3 Å². The van der Waals surface area contributed by atoms with Gasteiger partial charge in [-0.2, -0.15) is 0 Å². The van der Waals surface area contributed by atoms with Crippen LogP contribution in [-0.4, -0.2) is 44.4 Å². The van der Waals surface area contributed by atoms with Gasteiger partial charge in [0.25, 0.3) is 5.91 Å². The summed E-state index contributed by atoms with van der Waals surface area (Å²) < 4.78 is 0. The van der Waals surface area contributed by atoms with Gasteiger partial charge in [-0.1, -0.05) is 6.07 Å². The van der Waals surface area contributed by atoms with Gasteiger partial charge in [0.1, 0.15) is 0 Å². The smallest absolute Gasteiger partial charge is 0.335 e. The largest absolute Gasteiger partial charge is 0.478 e. The summed E-state index contributed by atoms with van der Waals surface area (Å²) in [7, 11) is 0. The summed E-state index contributed by atoms with van der Waals surface area (Å²) in [5, 5.41) is 9.26. The zero-order valence-electron chi connectivity index (χ0n) is 14.7. The van der Waals surface area contributed by atoms with Crippen molar-refractivity contribution < 1.29 is 14.7 Å². The van der Waals surface area contributed by atoms with E-state index in [1.54, 1.807) is 18.5 Å². The van der Waals surface area contributed by atoms with Gasteiger partial charge < -0.3 is 15.0 Å². The fourth-order valence-electron chi connectivity index (χ4n) is 4.66. The minimum Gasteiger partial charge on any atom is -0.478 e. The number of piperidine rings is 1. The lowest BCUT2D eigenvalue weighted by molar-refractivity contribution is 0.0594. The number of carboxylic acids is 1. The second-order valence-corrected chi connectivity index (χ2v) is 7.37. The SMILES string of the molecule is O=C(O)c1ccc2c(c1)CC1C2CCCN1C(=O)c1ccc2[nH]cnc2c1. The number of hydrogen-bond donors (Lipinski definition) is 2. The molecule has 0 spiro atoms. The van der Waals surface area contributed by atoms with Gasteiger partial charge in [0.05, 0.1) is 22.9 Å². The molecular formula is C21H19N3O3. The molecule has 5 rings (SSSR count). The van der Waals surface area contributed by atoms with Crippen molar-refractivity contribution in [3.8, 4) is 0 Å². The highest BCUT2D eigenvalue weighted by atomic mass is 16.4. The van der Waals surface area contributed by atoms with Crippen molar-refractivity contribution in [3.05, 3.63) is 65.0 Å². The quantitative estimate of drug-likeness (QED) is 0.734. The summed E-state index contributed by atoms with van der Waals surface area (Å²) in [6.07, 6.45) is 4.34. The fourth-order valence-corrected chi connectivity index (χ4v) is 4.66. The summed E-state index contributed by atoms with van der Waals surface area (Å²) in [6, 6.07) is 11.1. The van der Waals surface area contributed by atoms with Crippen LogP contribution in [0.5, 0.6) is 0 Å². The number of carboxylic acid groups (broad SMARTS) is 1. The Bertz CT molecular complexity index is 1070. The summed E-state index contributed by atoms with van der Waals surface area (Å²) >= 11 is 0. The molecule has 6 nitrogen and oxygen atoms in total. The van der Waals surface area contributed by atoms with Gasteiger partial charge in [-0.25, -0.2) is 9.78 Å². The molecule has 1 aliphatic carbocycles. The molecule has 0 radical (unpaired) electrons. The molecule has 27 heavy (non-hydrogen) atoms. The number of benzene rings is 2. The number of nitrogens with zero attached hydrogens (tertiary/aromatic N) is 2. The molecule has 2 N–H and O–H groups in total. The molecule has 1 amide bonds. The maximum absolute atomic E-state index is 13.2. The lowest BCUT2D eigenvalue weighted by Gasteiger charge is -2.38. The van der Waals surface area contributed by atoms with Crippen LogP contribution in [0.25, 0.3) is 11.0 Å². The number of hydrogen-bond acceptors (Lipinski definition) is 3. The minimum atomic E-state index is -0.909. The Hall–Kier alpha value is -3.15. The highest BCUT2D eigenvalue weighted by Gasteiger charge is 2.41. The number of aromatic nitrogens is 2. The second-order valence-electron chi connectivity index (χ2n) is 7.37. The van der Waals surface area contributed by atoms with Crippen LogP contribution in [0, 0.1) is 0 Å². The van der Waals surface area contributed by atoms with Crippen molar-refractivity contribution in [2.24, 2.45) is 0 Å². The number of imidazole rings is 1. The molecule has 1 aliphatic heterocycles. The van der Waals surface area contributed by atoms with Gasteiger partial charge in [-0.3, -0.25) is 4.79 Å². The molecule has 2 unspecified atom stereocenters. The monoisotopic (exact) mass is 361 g/mol. The molecular weight excluding hydrogens is 342 g/mol. The molecule has 0 bridgehead atoms. The number of amides is 1. The number of likely N-dealkylation sites (tertiary alicyclic amines) is 1. The third-order valence-electron chi connectivity index (χ3n) is 5.93. The van der Waals surface area contributed by atoms with Crippen LogP contribution in [0.15, 0.2) is 42.7 Å². The van der Waals surface area contributed by atoms with Crippen LogP contribution in [0.2, 0.25) is 0 Å². The van der Waals surface area contributed by atoms with E-state index in [9.17, 15) is 14.7 Å². The molecule has 2 aromatic carbocycles. The van der Waals surface area contributed by atoms with Crippen molar-refractivity contribution in [2.75, 3.05) is 6.54 Å². The zero-order valence-corrected chi connectivity index (χ0v) is 14.7. The molecule has 2 atom stereocenters. The Kier molecular flexibility index (Phi) is 3.53. The average Bonchev–Trinajstić information content (AvgIpc) is 3.30. The first-order valence-electron chi connectivity index (χ1n) is 9.22. The van der Waals surface area contributed by atoms with E-state index in [-0.39, 0.29) is 17.9 Å². The van der Waals surface area contributed by atoms with E-state index in [1.807, 2.05) is 29.2 Å². The standard InChI is InChI=1S/C21H19N3O3/c25-20(12-4-6-17-18(9-12)23-11-22-17)24-7-1-2-16-15-5-3-13(21(26)27)8-14(15)10-19(16)24/h3-6,8-9,11,16,19H,1-2,7,10H2,(H,22,23)(H,26,27). The number of rotatable bonds is 2. The second kappa shape index (κ2) is 5.94. The van der Waals surface area contributed by atoms with Gasteiger partial charge in [0.15, 0.2) is 0 Å². The molecule has 2 heterocycles. The van der Waals surface area contributed by atoms with Crippen molar-refractivity contribution >= 4 is 22.9 Å². The maximum atomic E-state index is 13.2. The van der Waals surface area contributed by atoms with Gasteiger partial charge in [0, 0.05) is 24.1 Å². The van der Waals surface area contributed by atoms with Crippen LogP contribution < -0.4 is 0 Å². The number of aromatic amines is 1. The van der Waals surface area contributed by atoms with E-state index in [0.29, 0.717) is 11.1 Å². The molecule has 1 fully saturated rings. The normalized spacial score (nSPS) is 21.1. The van der Waals surface area contributed by atoms with E-state index >= 15 is 0 Å². The van der Waals surface area contributed by atoms with E-state index in [0.717, 1.165) is 42.4 Å². The summed E-state index contributed by atoms with van der Waals surface area (Å²) in [5.41, 5.74) is 4.93. The van der Waals surface area contributed by atoms with Crippen LogP contribution >= 0.6 is 0 Å². The van der Waals surface area contributed by atoms with Crippen LogP contribution in [0.3, 0.4) is 0 Å². The van der Waals surface area contributed by atoms with Gasteiger partial charge in [-0.15, -0.1) is 0 Å². The Morgan fingerprint density at radius 2 is 2.00 bits per heavy atom. The van der Waals surface area contributed by atoms with Crippen molar-refractivity contribution in [3.63, 3.8) is 0 Å². The predicted octanol–water partition coefficient (Wildman–Crippen LogP) is 3.21. The molecule has 2 aliphatic rings. The summed E-state index contributed by atoms with van der Waals surface area (Å²) in [6.45, 7) is 0.735. The van der Waals surface area contributed by atoms with Crippen LogP contribution in [0.1, 0.15) is 50.6 Å². The Morgan fingerprint density at radius 1 is 1.15 bits per heavy atom. The molecule has 136 valence electrons. The van der Waals surface area contributed by atoms with Gasteiger partial charge in [-0.05, 0) is 60.7 Å². The average molecular weight is 361 g/mol. The Balaban J connectivity index is 1.47. The Morgan fingerprint density at radius 3 is 2.85 bits per heavy atom. The number of aromatic carboxylic acids is 1. The number of carbonyl (C=O) groups is 2. The molecule has 1 saturated heterocycles. The van der Waals surface area contributed by atoms with E-state index in [2.05, 4.69) is 9.97 Å². The first-order valence-corrected chi connectivity index (χ1v) is 9.22. The molecule has 6 heteroatoms. The van der Waals surface area contributed by atoms with Gasteiger partial charge in [0.2, 0.25) is 0 Å². The zero-order chi connectivity index (χ0) is 18.5. The predicted molar refractivity (Wildman–Crippen MR) is 100.0 cm³/mol. The first kappa shape index (κ1) is 16.1. The summed E-state index contributed by atoms with van der Waals surface area (Å²) in [4.78, 5) is 33.8. The minimum absolute atomic E-state index is 0.0286. The number of nitrogens with one attached hydrogen (secondary N) is 1. The van der Waals surface area contributed by atoms with Crippen molar-refractivity contribution in [2.45, 2.75) is 31.2 Å². The van der Waals surface area contributed by atoms with Crippen molar-refractivity contribution in [1.82, 2.24) is 14.9 Å². The number of H-pyrrole nitrogens is 1. The van der Waals surface area contributed by atoms with E-state index in [4.69, 9.17) is 0 Å². The number of fused-ring (bicyclic) bond motifs is 4. The third-order valence-corrected chi connectivity index (χ3v) is 5.93. The van der Waals surface area contributed by atoms with E-state index < -0.39 is 5.97 Å². The van der Waals surface area contributed by atoms with Crippen LogP contribution in [0.4, 0.5) is 0 Å². The fraction of sp³-hybridized carbons (Fsp3) is 0.286. The highest BCUT2D eigenvalue weighted by Crippen LogP contribution is 2.42. The first-order chi connectivity index (χ1) is 13.1. The van der Waals surface area contributed by atoms with Gasteiger partial charge >= 0.3 is 5.97 Å².